The lowest BCUT2D eigenvalue weighted by atomic mass is 10.2. The molecule has 0 radical (unpaired) electrons. The molecule has 2 atom stereocenters. The Balaban J connectivity index is 4.36. The molecule has 16 heavy (non-hydrogen) atoms. The number of likely N-dealkylation sites (N-methyl/N-ethyl adjacent to an activating group) is 1. The minimum absolute atomic E-state index is 0.0428. The molecule has 0 aliphatic rings. The molecule has 0 heterocycles. The highest BCUT2D eigenvalue weighted by molar-refractivity contribution is 5.82. The number of carboxylic acid groups (broad SMARTS) is 1. The lowest BCUT2D eigenvalue weighted by Gasteiger charge is -2.25. The van der Waals surface area contributed by atoms with Crippen LogP contribution in [-0.2, 0) is 4.79 Å². The van der Waals surface area contributed by atoms with Gasteiger partial charge in [-0.2, -0.15) is 0 Å². The van der Waals surface area contributed by atoms with Gasteiger partial charge in [0.15, 0.2) is 0 Å². The van der Waals surface area contributed by atoms with Crippen LogP contribution in [0.5, 0.6) is 0 Å². The van der Waals surface area contributed by atoms with Crippen molar-refractivity contribution < 1.29 is 14.7 Å². The smallest absolute Gasteiger partial charge is 0.326 e. The Bertz CT molecular complexity index is 266. The molecule has 0 spiro atoms. The fraction of sp³-hybridized carbons (Fsp3) is 0.636. The molecule has 0 aliphatic heterocycles. The van der Waals surface area contributed by atoms with Crippen LogP contribution in [0.2, 0.25) is 0 Å². The molecule has 0 saturated carbocycles. The van der Waals surface area contributed by atoms with Gasteiger partial charge >= 0.3 is 12.0 Å². The molecule has 0 aromatic carbocycles. The van der Waals surface area contributed by atoms with E-state index in [0.717, 1.165) is 0 Å². The van der Waals surface area contributed by atoms with E-state index < -0.39 is 12.0 Å². The van der Waals surface area contributed by atoms with Gasteiger partial charge in [0.1, 0.15) is 6.04 Å². The summed E-state index contributed by atoms with van der Waals surface area (Å²) < 4.78 is 0. The first-order chi connectivity index (χ1) is 7.43. The quantitative estimate of drug-likeness (QED) is 0.676. The number of hydrogen-bond donors (Lipinski definition) is 2. The van der Waals surface area contributed by atoms with Crippen LogP contribution in [-0.4, -0.2) is 41.1 Å². The van der Waals surface area contributed by atoms with Gasteiger partial charge in [-0.3, -0.25) is 0 Å². The molecule has 2 N–H and O–H groups in total. The molecule has 0 aliphatic carbocycles. The Hall–Kier alpha value is -1.52. The van der Waals surface area contributed by atoms with Crippen molar-refractivity contribution in [3.63, 3.8) is 0 Å². The van der Waals surface area contributed by atoms with Crippen LogP contribution >= 0.6 is 0 Å². The maximum Gasteiger partial charge on any atom is 0.326 e. The fourth-order valence-electron chi connectivity index (χ4n) is 1.38. The first kappa shape index (κ1) is 14.5. The summed E-state index contributed by atoms with van der Waals surface area (Å²) in [6, 6.07) is -1.20. The lowest BCUT2D eigenvalue weighted by molar-refractivity contribution is -0.141. The maximum absolute atomic E-state index is 11.7. The van der Waals surface area contributed by atoms with Crippen molar-refractivity contribution in [1.29, 1.82) is 0 Å². The Labute approximate surface area is 96.1 Å². The summed E-state index contributed by atoms with van der Waals surface area (Å²) in [6.45, 7) is 7.15. The van der Waals surface area contributed by atoms with Gasteiger partial charge in [0.25, 0.3) is 0 Å². The summed E-state index contributed by atoms with van der Waals surface area (Å²) in [4.78, 5) is 23.7. The lowest BCUT2D eigenvalue weighted by Crippen LogP contribution is -2.49. The summed E-state index contributed by atoms with van der Waals surface area (Å²) in [5.41, 5.74) is 0. The number of rotatable bonds is 6. The van der Waals surface area contributed by atoms with Gasteiger partial charge in [-0.25, -0.2) is 9.59 Å². The van der Waals surface area contributed by atoms with Crippen LogP contribution in [0.1, 0.15) is 26.7 Å². The van der Waals surface area contributed by atoms with Gasteiger partial charge in [-0.1, -0.05) is 13.0 Å². The molecule has 0 aromatic rings. The minimum atomic E-state index is -0.989. The average Bonchev–Trinajstić information content (AvgIpc) is 2.18. The van der Waals surface area contributed by atoms with Crippen molar-refractivity contribution in [3.8, 4) is 0 Å². The number of hydrogen-bond acceptors (Lipinski definition) is 2. The number of carbonyl (C=O) groups excluding carboxylic acids is 1. The van der Waals surface area contributed by atoms with Crippen molar-refractivity contribution in [2.45, 2.75) is 38.8 Å². The Morgan fingerprint density at radius 2 is 2.12 bits per heavy atom. The summed E-state index contributed by atoms with van der Waals surface area (Å²) >= 11 is 0. The van der Waals surface area contributed by atoms with E-state index in [1.54, 1.807) is 13.0 Å². The third-order valence-corrected chi connectivity index (χ3v) is 2.35. The van der Waals surface area contributed by atoms with Crippen molar-refractivity contribution in [2.24, 2.45) is 0 Å². The zero-order chi connectivity index (χ0) is 12.7. The topological polar surface area (TPSA) is 69.6 Å². The normalized spacial score (nSPS) is 13.7. The van der Waals surface area contributed by atoms with Crippen LogP contribution in [0, 0.1) is 0 Å². The predicted molar refractivity (Wildman–Crippen MR) is 62.3 cm³/mol. The molecular weight excluding hydrogens is 208 g/mol. The number of urea groups is 1. The third-order valence-electron chi connectivity index (χ3n) is 2.35. The third kappa shape index (κ3) is 4.33. The molecule has 0 bridgehead atoms. The summed E-state index contributed by atoms with van der Waals surface area (Å²) in [5.74, 6) is -0.989. The minimum Gasteiger partial charge on any atom is -0.480 e. The Morgan fingerprint density at radius 3 is 2.50 bits per heavy atom. The second-order valence-corrected chi connectivity index (χ2v) is 3.75. The van der Waals surface area contributed by atoms with E-state index in [4.69, 9.17) is 5.11 Å². The predicted octanol–water partition coefficient (Wildman–Crippen LogP) is 1.46. The van der Waals surface area contributed by atoms with E-state index in [1.165, 1.54) is 11.9 Å². The standard InChI is InChI=1S/C11H20N2O3/c1-5-7-8(3)12-11(16)13(4)9(6-2)10(14)15/h5,8-9H,1,6-7H2,2-4H3,(H,12,16)(H,14,15). The zero-order valence-electron chi connectivity index (χ0n) is 10.1. The van der Waals surface area contributed by atoms with Crippen LogP contribution < -0.4 is 5.32 Å². The fourth-order valence-corrected chi connectivity index (χ4v) is 1.38. The van der Waals surface area contributed by atoms with Crippen LogP contribution in [0.3, 0.4) is 0 Å². The number of amides is 2. The number of aliphatic carboxylic acids is 1. The van der Waals surface area contributed by atoms with E-state index in [0.29, 0.717) is 12.8 Å². The van der Waals surface area contributed by atoms with E-state index in [2.05, 4.69) is 11.9 Å². The highest BCUT2D eigenvalue weighted by atomic mass is 16.4. The van der Waals surface area contributed by atoms with Crippen LogP contribution in [0.4, 0.5) is 4.79 Å². The Morgan fingerprint density at radius 1 is 1.56 bits per heavy atom. The average molecular weight is 228 g/mol. The first-order valence-electron chi connectivity index (χ1n) is 5.31. The number of carboxylic acids is 1. The maximum atomic E-state index is 11.7. The van der Waals surface area contributed by atoms with Crippen molar-refractivity contribution >= 4 is 12.0 Å². The van der Waals surface area contributed by atoms with E-state index in [1.807, 2.05) is 6.92 Å². The van der Waals surface area contributed by atoms with Crippen LogP contribution in [0.25, 0.3) is 0 Å². The monoisotopic (exact) mass is 228 g/mol. The Kier molecular flexibility index (Phi) is 6.22. The van der Waals surface area contributed by atoms with Crippen molar-refractivity contribution in [2.75, 3.05) is 7.05 Å². The summed E-state index contributed by atoms with van der Waals surface area (Å²) in [7, 11) is 1.48. The van der Waals surface area contributed by atoms with Gasteiger partial charge in [0, 0.05) is 13.1 Å². The number of nitrogens with zero attached hydrogens (tertiary/aromatic N) is 1. The SMILES string of the molecule is C=CCC(C)NC(=O)N(C)C(CC)C(=O)O. The second-order valence-electron chi connectivity index (χ2n) is 3.75. The molecule has 0 saturated heterocycles. The molecule has 2 amide bonds. The zero-order valence-corrected chi connectivity index (χ0v) is 10.1. The van der Waals surface area contributed by atoms with Gasteiger partial charge in [0.2, 0.25) is 0 Å². The summed E-state index contributed by atoms with van der Waals surface area (Å²) in [6.07, 6.45) is 2.75. The molecule has 0 fully saturated rings. The van der Waals surface area contributed by atoms with Crippen molar-refractivity contribution in [3.05, 3.63) is 12.7 Å². The first-order valence-corrected chi connectivity index (χ1v) is 5.31. The van der Waals surface area contributed by atoms with E-state index in [9.17, 15) is 9.59 Å². The van der Waals surface area contributed by atoms with Crippen LogP contribution in [0.15, 0.2) is 12.7 Å². The molecule has 5 heteroatoms. The number of nitrogens with one attached hydrogen (secondary N) is 1. The summed E-state index contributed by atoms with van der Waals surface area (Å²) in [5, 5.41) is 11.6. The molecule has 5 nitrogen and oxygen atoms in total. The second kappa shape index (κ2) is 6.87. The highest BCUT2D eigenvalue weighted by Gasteiger charge is 2.24. The molecule has 0 aromatic heterocycles. The van der Waals surface area contributed by atoms with E-state index >= 15 is 0 Å². The largest absolute Gasteiger partial charge is 0.480 e. The van der Waals surface area contributed by atoms with E-state index in [-0.39, 0.29) is 12.1 Å². The van der Waals surface area contributed by atoms with Crippen molar-refractivity contribution in [1.82, 2.24) is 10.2 Å². The van der Waals surface area contributed by atoms with Gasteiger partial charge in [-0.05, 0) is 19.8 Å². The molecule has 0 rings (SSSR count). The molecule has 92 valence electrons. The molecule has 2 unspecified atom stereocenters. The highest BCUT2D eigenvalue weighted by Crippen LogP contribution is 2.03. The van der Waals surface area contributed by atoms with Gasteiger partial charge in [0.05, 0.1) is 0 Å². The van der Waals surface area contributed by atoms with Gasteiger partial charge < -0.3 is 15.3 Å². The number of carbonyl (C=O) groups is 2. The molecular formula is C11H20N2O3. The van der Waals surface area contributed by atoms with Gasteiger partial charge in [-0.15, -0.1) is 6.58 Å².